The maximum Gasteiger partial charge on any atom is 0.573 e. The van der Waals surface area contributed by atoms with Gasteiger partial charge in [-0.1, -0.05) is 12.1 Å². The molecule has 1 aromatic carbocycles. The van der Waals surface area contributed by atoms with E-state index in [2.05, 4.69) is 10.1 Å². The molecule has 21 heavy (non-hydrogen) atoms. The monoisotopic (exact) mass is 304 g/mol. The fourth-order valence-corrected chi connectivity index (χ4v) is 1.83. The Labute approximate surface area is 117 Å². The number of carbonyl (C=O) groups is 1. The molecule has 114 valence electrons. The van der Waals surface area contributed by atoms with Crippen molar-refractivity contribution in [2.24, 2.45) is 5.92 Å². The highest BCUT2D eigenvalue weighted by Crippen LogP contribution is 2.33. The normalized spacial score (nSPS) is 20.7. The summed E-state index contributed by atoms with van der Waals surface area (Å²) in [5.74, 6) is -1.40. The third kappa shape index (κ3) is 4.33. The number of benzene rings is 1. The van der Waals surface area contributed by atoms with Gasteiger partial charge >= 0.3 is 6.36 Å². The maximum atomic E-state index is 12.0. The smallest absolute Gasteiger partial charge is 0.406 e. The summed E-state index contributed by atoms with van der Waals surface area (Å²) < 4.78 is 39.6. The first kappa shape index (κ1) is 15.1. The van der Waals surface area contributed by atoms with Crippen LogP contribution in [-0.2, 0) is 11.3 Å². The Morgan fingerprint density at radius 3 is 2.48 bits per heavy atom. The van der Waals surface area contributed by atoms with Crippen molar-refractivity contribution < 1.29 is 27.6 Å². The second-order valence-electron chi connectivity index (χ2n) is 4.60. The number of nitrogens with zero attached hydrogens (tertiary/aromatic N) is 1. The van der Waals surface area contributed by atoms with Crippen LogP contribution in [0.25, 0.3) is 0 Å². The van der Waals surface area contributed by atoms with Crippen molar-refractivity contribution in [2.45, 2.75) is 25.4 Å². The first-order valence-corrected chi connectivity index (χ1v) is 6.02. The number of carbonyl (C=O) groups excluding carboxylic acids is 1. The van der Waals surface area contributed by atoms with Crippen LogP contribution >= 0.6 is 0 Å². The molecular formula is C12H11F3N2O4. The van der Waals surface area contributed by atoms with E-state index in [9.17, 15) is 28.1 Å². The van der Waals surface area contributed by atoms with Crippen LogP contribution in [0.5, 0.6) is 5.75 Å². The molecule has 0 unspecified atom stereocenters. The second-order valence-corrected chi connectivity index (χ2v) is 4.60. The van der Waals surface area contributed by atoms with Crippen LogP contribution in [0.1, 0.15) is 12.0 Å². The molecule has 1 fully saturated rings. The minimum Gasteiger partial charge on any atom is -0.406 e. The molecular weight excluding hydrogens is 293 g/mol. The lowest BCUT2D eigenvalue weighted by molar-refractivity contribution is -0.497. The molecule has 0 heterocycles. The van der Waals surface area contributed by atoms with E-state index in [-0.39, 0.29) is 18.7 Å². The largest absolute Gasteiger partial charge is 0.573 e. The van der Waals surface area contributed by atoms with Crippen molar-refractivity contribution in [3.8, 4) is 5.75 Å². The van der Waals surface area contributed by atoms with Crippen LogP contribution in [0.15, 0.2) is 24.3 Å². The number of ether oxygens (including phenoxy) is 1. The summed E-state index contributed by atoms with van der Waals surface area (Å²) in [5.41, 5.74) is 0.566. The molecule has 6 nitrogen and oxygen atoms in total. The third-order valence-electron chi connectivity index (χ3n) is 2.99. The van der Waals surface area contributed by atoms with E-state index in [0.717, 1.165) is 12.1 Å². The van der Waals surface area contributed by atoms with Crippen LogP contribution in [0, 0.1) is 16.0 Å². The summed E-state index contributed by atoms with van der Waals surface area (Å²) in [5, 5.41) is 12.9. The molecule has 1 aliphatic rings. The van der Waals surface area contributed by atoms with E-state index < -0.39 is 29.2 Å². The predicted molar refractivity (Wildman–Crippen MR) is 63.9 cm³/mol. The highest BCUT2D eigenvalue weighted by molar-refractivity contribution is 5.81. The fourth-order valence-electron chi connectivity index (χ4n) is 1.83. The van der Waals surface area contributed by atoms with Gasteiger partial charge in [0.15, 0.2) is 0 Å². The van der Waals surface area contributed by atoms with Crippen LogP contribution in [0.4, 0.5) is 13.2 Å². The molecule has 0 saturated heterocycles. The lowest BCUT2D eigenvalue weighted by Crippen LogP contribution is -2.26. The minimum absolute atomic E-state index is 0.0894. The number of hydrogen-bond donors (Lipinski definition) is 1. The Morgan fingerprint density at radius 2 is 2.00 bits per heavy atom. The molecule has 0 spiro atoms. The molecule has 1 aromatic rings. The Hall–Kier alpha value is -2.32. The molecule has 1 amide bonds. The van der Waals surface area contributed by atoms with Crippen molar-refractivity contribution in [2.75, 3.05) is 0 Å². The van der Waals surface area contributed by atoms with Crippen molar-refractivity contribution in [1.29, 1.82) is 0 Å². The van der Waals surface area contributed by atoms with Gasteiger partial charge in [-0.05, 0) is 17.7 Å². The molecule has 0 aromatic heterocycles. The van der Waals surface area contributed by atoms with E-state index in [1.54, 1.807) is 0 Å². The van der Waals surface area contributed by atoms with Gasteiger partial charge in [-0.25, -0.2) is 0 Å². The Bertz CT molecular complexity index is 544. The zero-order valence-corrected chi connectivity index (χ0v) is 10.6. The van der Waals surface area contributed by atoms with Gasteiger partial charge in [0, 0.05) is 17.9 Å². The van der Waals surface area contributed by atoms with E-state index in [1.807, 2.05) is 0 Å². The Morgan fingerprint density at radius 1 is 1.38 bits per heavy atom. The van der Waals surface area contributed by atoms with Gasteiger partial charge in [-0.15, -0.1) is 13.2 Å². The van der Waals surface area contributed by atoms with Crippen molar-refractivity contribution in [3.05, 3.63) is 39.9 Å². The van der Waals surface area contributed by atoms with E-state index >= 15 is 0 Å². The summed E-state index contributed by atoms with van der Waals surface area (Å²) in [4.78, 5) is 21.5. The SMILES string of the molecule is O=C(NCc1ccc(OC(F)(F)F)cc1)[C@@H]1C[C@@H]1[N+](=O)[O-]. The van der Waals surface area contributed by atoms with Gasteiger partial charge in [0.1, 0.15) is 11.7 Å². The van der Waals surface area contributed by atoms with Crippen LogP contribution in [0.2, 0.25) is 0 Å². The van der Waals surface area contributed by atoms with Gasteiger partial charge in [-0.3, -0.25) is 14.9 Å². The van der Waals surface area contributed by atoms with Crippen LogP contribution in [-0.4, -0.2) is 23.2 Å². The number of halogens is 3. The topological polar surface area (TPSA) is 81.5 Å². The molecule has 1 saturated carbocycles. The lowest BCUT2D eigenvalue weighted by Gasteiger charge is -2.09. The van der Waals surface area contributed by atoms with Crippen LogP contribution in [0.3, 0.4) is 0 Å². The number of alkyl halides is 3. The zero-order valence-electron chi connectivity index (χ0n) is 10.6. The van der Waals surface area contributed by atoms with Crippen molar-refractivity contribution in [3.63, 3.8) is 0 Å². The molecule has 0 radical (unpaired) electrons. The van der Waals surface area contributed by atoms with E-state index in [4.69, 9.17) is 0 Å². The average Bonchev–Trinajstić information content (AvgIpc) is 3.16. The highest BCUT2D eigenvalue weighted by Gasteiger charge is 2.53. The number of rotatable bonds is 5. The average molecular weight is 304 g/mol. The Balaban J connectivity index is 1.82. The van der Waals surface area contributed by atoms with Gasteiger partial charge < -0.3 is 10.1 Å². The summed E-state index contributed by atoms with van der Waals surface area (Å²) in [6.45, 7) is 0.0894. The fraction of sp³-hybridized carbons (Fsp3) is 0.417. The molecule has 2 rings (SSSR count). The molecule has 9 heteroatoms. The molecule has 1 aliphatic carbocycles. The van der Waals surface area contributed by atoms with Gasteiger partial charge in [0.25, 0.3) is 0 Å². The van der Waals surface area contributed by atoms with Gasteiger partial charge in [0.2, 0.25) is 11.9 Å². The number of nitro groups is 1. The molecule has 0 bridgehead atoms. The zero-order chi connectivity index (χ0) is 15.6. The summed E-state index contributed by atoms with van der Waals surface area (Å²) in [7, 11) is 0. The first-order chi connectivity index (χ1) is 9.76. The van der Waals surface area contributed by atoms with Gasteiger partial charge in [0.05, 0.1) is 0 Å². The number of hydrogen-bond acceptors (Lipinski definition) is 4. The van der Waals surface area contributed by atoms with E-state index in [0.29, 0.717) is 5.56 Å². The highest BCUT2D eigenvalue weighted by atomic mass is 19.4. The standard InChI is InChI=1S/C12H11F3N2O4/c13-12(14,15)21-8-3-1-7(2-4-8)6-16-11(18)9-5-10(9)17(19)20/h1-4,9-10H,5-6H2,(H,16,18)/t9-,10+/m1/s1. The third-order valence-corrected chi connectivity index (χ3v) is 2.99. The van der Waals surface area contributed by atoms with Crippen molar-refractivity contribution >= 4 is 5.91 Å². The predicted octanol–water partition coefficient (Wildman–Crippen LogP) is 1.87. The number of nitrogens with one attached hydrogen (secondary N) is 1. The maximum absolute atomic E-state index is 12.0. The number of amides is 1. The minimum atomic E-state index is -4.75. The molecule has 2 atom stereocenters. The Kier molecular flexibility index (Phi) is 4.01. The van der Waals surface area contributed by atoms with E-state index in [1.165, 1.54) is 12.1 Å². The van der Waals surface area contributed by atoms with Crippen molar-refractivity contribution in [1.82, 2.24) is 5.32 Å². The van der Waals surface area contributed by atoms with Gasteiger partial charge in [-0.2, -0.15) is 0 Å². The lowest BCUT2D eigenvalue weighted by atomic mass is 10.2. The summed E-state index contributed by atoms with van der Waals surface area (Å²) >= 11 is 0. The summed E-state index contributed by atoms with van der Waals surface area (Å²) in [6, 6.07) is 4.18. The van der Waals surface area contributed by atoms with Crippen LogP contribution < -0.4 is 10.1 Å². The second kappa shape index (κ2) is 5.58. The molecule has 0 aliphatic heterocycles. The quantitative estimate of drug-likeness (QED) is 0.665. The first-order valence-electron chi connectivity index (χ1n) is 6.02. The molecule has 1 N–H and O–H groups in total. The summed E-state index contributed by atoms with van der Waals surface area (Å²) in [6.07, 6.45) is -4.53.